The van der Waals surface area contributed by atoms with E-state index in [0.29, 0.717) is 38.5 Å². The number of hydroxylamine groups is 4. The second kappa shape index (κ2) is 9.92. The molecule has 0 aromatic carbocycles. The number of carboxylic acid groups (broad SMARTS) is 2. The van der Waals surface area contributed by atoms with Gasteiger partial charge < -0.3 is 19.9 Å². The number of nitrogens with zero attached hydrogens (tertiary/aromatic N) is 2. The molecule has 2 aliphatic rings. The Morgan fingerprint density at radius 2 is 1.06 bits per heavy atom. The summed E-state index contributed by atoms with van der Waals surface area (Å²) in [4.78, 5) is 37.2. The van der Waals surface area contributed by atoms with Gasteiger partial charge in [-0.1, -0.05) is 13.3 Å². The summed E-state index contributed by atoms with van der Waals surface area (Å²) in [7, 11) is 3.35. The van der Waals surface area contributed by atoms with Gasteiger partial charge in [-0.05, 0) is 99.3 Å². The lowest BCUT2D eigenvalue weighted by Gasteiger charge is -2.63. The Bertz CT molecular complexity index is 697. The molecule has 35 heavy (non-hydrogen) atoms. The van der Waals surface area contributed by atoms with E-state index in [1.54, 1.807) is 14.2 Å². The molecule has 2 saturated heterocycles. The second-order valence-electron chi connectivity index (χ2n) is 13.4. The number of carboxylic acids is 2. The van der Waals surface area contributed by atoms with Crippen molar-refractivity contribution in [2.45, 2.75) is 123 Å². The van der Waals surface area contributed by atoms with Crippen molar-refractivity contribution in [2.75, 3.05) is 14.2 Å². The van der Waals surface area contributed by atoms with Gasteiger partial charge in [-0.25, -0.2) is 0 Å². The Morgan fingerprint density at radius 3 is 1.26 bits per heavy atom. The fourth-order valence-corrected chi connectivity index (χ4v) is 8.63. The van der Waals surface area contributed by atoms with Crippen LogP contribution in [0.25, 0.3) is 0 Å². The SMILES string of the molecule is CCCC(C1CC(C)(C)N(OC)C(C)(C)C1)(C1CC(C)(C)N(OC)C(C)(C)C1)C(C(=O)O)C(=O)O. The third-order valence-electron chi connectivity index (χ3n) is 8.78. The molecule has 2 heterocycles. The molecule has 2 aliphatic heterocycles. The molecule has 2 rings (SSSR count). The first-order chi connectivity index (χ1) is 15.8. The van der Waals surface area contributed by atoms with Crippen LogP contribution < -0.4 is 0 Å². The molecule has 204 valence electrons. The lowest BCUT2D eigenvalue weighted by molar-refractivity contribution is -0.297. The van der Waals surface area contributed by atoms with E-state index in [1.165, 1.54) is 0 Å². The minimum absolute atomic E-state index is 0.109. The fourth-order valence-electron chi connectivity index (χ4n) is 8.63. The predicted octanol–water partition coefficient (Wildman–Crippen LogP) is 5.22. The maximum absolute atomic E-state index is 12.8. The molecule has 0 radical (unpaired) electrons. The summed E-state index contributed by atoms with van der Waals surface area (Å²) in [5.41, 5.74) is -2.48. The van der Waals surface area contributed by atoms with Gasteiger partial charge in [0.15, 0.2) is 5.92 Å². The van der Waals surface area contributed by atoms with E-state index in [9.17, 15) is 19.8 Å². The van der Waals surface area contributed by atoms with Crippen LogP contribution in [-0.4, -0.2) is 68.7 Å². The molecule has 8 heteroatoms. The van der Waals surface area contributed by atoms with Crippen molar-refractivity contribution in [1.29, 1.82) is 0 Å². The van der Waals surface area contributed by atoms with Crippen molar-refractivity contribution in [3.63, 3.8) is 0 Å². The van der Waals surface area contributed by atoms with Crippen molar-refractivity contribution < 1.29 is 29.5 Å². The van der Waals surface area contributed by atoms with Crippen LogP contribution in [0, 0.1) is 23.2 Å². The van der Waals surface area contributed by atoms with Gasteiger partial charge in [0.1, 0.15) is 0 Å². The van der Waals surface area contributed by atoms with Crippen molar-refractivity contribution in [2.24, 2.45) is 23.2 Å². The monoisotopic (exact) mass is 498 g/mol. The number of carbonyl (C=O) groups is 2. The molecular formula is C27H50N2O6. The molecule has 0 amide bonds. The molecule has 0 unspecified atom stereocenters. The molecule has 8 nitrogen and oxygen atoms in total. The number of piperidine rings is 2. The lowest BCUT2D eigenvalue weighted by atomic mass is 9.48. The largest absolute Gasteiger partial charge is 0.481 e. The normalized spacial score (nSPS) is 25.6. The van der Waals surface area contributed by atoms with Crippen LogP contribution in [-0.2, 0) is 19.3 Å². The Hall–Kier alpha value is -1.22. The Kier molecular flexibility index (Phi) is 8.50. The van der Waals surface area contributed by atoms with Crippen molar-refractivity contribution in [1.82, 2.24) is 10.1 Å². The standard InChI is InChI=1S/C27H50N2O6/c1-12-13-27(20(21(30)31)22(32)33,18-14-23(2,3)28(34-10)24(4,5)15-18)19-16-25(6,7)29(35-11)26(8,9)17-19/h18-20H,12-17H2,1-11H3,(H,30,31)(H,32,33). The summed E-state index contributed by atoms with van der Waals surface area (Å²) < 4.78 is 0. The average molecular weight is 499 g/mol. The number of rotatable bonds is 9. The Balaban J connectivity index is 2.81. The zero-order valence-electron chi connectivity index (χ0n) is 23.9. The zero-order chi connectivity index (χ0) is 27.2. The number of hydrogen-bond acceptors (Lipinski definition) is 6. The molecule has 2 fully saturated rings. The molecule has 0 saturated carbocycles. The van der Waals surface area contributed by atoms with Gasteiger partial charge in [-0.15, -0.1) is 0 Å². The smallest absolute Gasteiger partial charge is 0.318 e. The molecule has 0 aromatic rings. The van der Waals surface area contributed by atoms with Crippen LogP contribution in [0.5, 0.6) is 0 Å². The average Bonchev–Trinajstić information content (AvgIpc) is 2.63. The summed E-state index contributed by atoms with van der Waals surface area (Å²) in [6.07, 6.45) is 3.90. The quantitative estimate of drug-likeness (QED) is 0.418. The Labute approximate surface area is 212 Å². The van der Waals surface area contributed by atoms with Crippen LogP contribution in [0.1, 0.15) is 101 Å². The highest BCUT2D eigenvalue weighted by Crippen LogP contribution is 2.61. The van der Waals surface area contributed by atoms with Gasteiger partial charge in [0.05, 0.1) is 14.2 Å². The van der Waals surface area contributed by atoms with Crippen LogP contribution in [0.2, 0.25) is 0 Å². The number of aliphatic carboxylic acids is 2. The van der Waals surface area contributed by atoms with E-state index >= 15 is 0 Å². The molecule has 0 atom stereocenters. The van der Waals surface area contributed by atoms with E-state index in [1.807, 2.05) is 17.1 Å². The molecule has 0 aliphatic carbocycles. The maximum atomic E-state index is 12.8. The van der Waals surface area contributed by atoms with Crippen LogP contribution in [0.15, 0.2) is 0 Å². The van der Waals surface area contributed by atoms with Gasteiger partial charge in [0.2, 0.25) is 0 Å². The minimum atomic E-state index is -1.49. The minimum Gasteiger partial charge on any atom is -0.481 e. The first-order valence-electron chi connectivity index (χ1n) is 13.0. The summed E-state index contributed by atoms with van der Waals surface area (Å²) in [6, 6.07) is 0. The highest BCUT2D eigenvalue weighted by molar-refractivity contribution is 5.94. The van der Waals surface area contributed by atoms with Gasteiger partial charge in [0, 0.05) is 27.6 Å². The van der Waals surface area contributed by atoms with Crippen LogP contribution >= 0.6 is 0 Å². The number of hydrogen-bond donors (Lipinski definition) is 2. The zero-order valence-corrected chi connectivity index (χ0v) is 23.9. The molecule has 0 bridgehead atoms. The first-order valence-corrected chi connectivity index (χ1v) is 13.0. The van der Waals surface area contributed by atoms with E-state index < -0.39 is 23.3 Å². The van der Waals surface area contributed by atoms with E-state index in [4.69, 9.17) is 9.68 Å². The second-order valence-corrected chi connectivity index (χ2v) is 13.4. The molecule has 2 N–H and O–H groups in total. The van der Waals surface area contributed by atoms with Crippen molar-refractivity contribution >= 4 is 11.9 Å². The van der Waals surface area contributed by atoms with Gasteiger partial charge in [-0.3, -0.25) is 9.59 Å². The predicted molar refractivity (Wildman–Crippen MR) is 136 cm³/mol. The summed E-state index contributed by atoms with van der Waals surface area (Å²) >= 11 is 0. The molecular weight excluding hydrogens is 448 g/mol. The topological polar surface area (TPSA) is 99.5 Å². The summed E-state index contributed by atoms with van der Waals surface area (Å²) in [6.45, 7) is 18.9. The third kappa shape index (κ3) is 5.27. The van der Waals surface area contributed by atoms with Crippen LogP contribution in [0.4, 0.5) is 0 Å². The van der Waals surface area contributed by atoms with Gasteiger partial charge in [0.25, 0.3) is 0 Å². The maximum Gasteiger partial charge on any atom is 0.318 e. The molecule has 0 spiro atoms. The van der Waals surface area contributed by atoms with Gasteiger partial charge >= 0.3 is 11.9 Å². The van der Waals surface area contributed by atoms with E-state index in [0.717, 1.165) is 0 Å². The van der Waals surface area contributed by atoms with Crippen molar-refractivity contribution in [3.05, 3.63) is 0 Å². The molecule has 0 aromatic heterocycles. The van der Waals surface area contributed by atoms with Crippen molar-refractivity contribution in [3.8, 4) is 0 Å². The van der Waals surface area contributed by atoms with E-state index in [2.05, 4.69) is 55.4 Å². The highest BCUT2D eigenvalue weighted by Gasteiger charge is 2.63. The van der Waals surface area contributed by atoms with Crippen LogP contribution in [0.3, 0.4) is 0 Å². The highest BCUT2D eigenvalue weighted by atomic mass is 16.7. The lowest BCUT2D eigenvalue weighted by Crippen LogP contribution is -2.67. The first kappa shape index (κ1) is 30.0. The third-order valence-corrected chi connectivity index (χ3v) is 8.78. The summed E-state index contributed by atoms with van der Waals surface area (Å²) in [5, 5.41) is 24.9. The van der Waals surface area contributed by atoms with Gasteiger partial charge in [-0.2, -0.15) is 10.1 Å². The fraction of sp³-hybridized carbons (Fsp3) is 0.926. The summed E-state index contributed by atoms with van der Waals surface area (Å²) in [5.74, 6) is -4.18. The Morgan fingerprint density at radius 1 is 0.771 bits per heavy atom. The van der Waals surface area contributed by atoms with E-state index in [-0.39, 0.29) is 34.0 Å².